The molecule has 3 N–H and O–H groups in total. The number of phenolic OH excluding ortho intramolecular Hbond substituents is 1. The molecule has 9 heteroatoms. The number of benzene rings is 1. The van der Waals surface area contributed by atoms with Crippen molar-refractivity contribution in [3.63, 3.8) is 0 Å². The maximum absolute atomic E-state index is 11.9. The molecular weight excluding hydrogens is 284 g/mol. The number of nitrogens with zero attached hydrogens (tertiary/aromatic N) is 1. The van der Waals surface area contributed by atoms with Gasteiger partial charge in [0.2, 0.25) is 0 Å². The van der Waals surface area contributed by atoms with Crippen LogP contribution in [0.1, 0.15) is 17.3 Å². The maximum atomic E-state index is 11.9. The van der Waals surface area contributed by atoms with E-state index in [1.807, 2.05) is 0 Å². The van der Waals surface area contributed by atoms with Gasteiger partial charge < -0.3 is 20.3 Å². The zero-order valence-corrected chi connectivity index (χ0v) is 11.3. The minimum Gasteiger partial charge on any atom is -0.507 e. The Balaban J connectivity index is 2.98. The smallest absolute Gasteiger partial charge is 0.331 e. The number of rotatable bonds is 5. The second-order valence-electron chi connectivity index (χ2n) is 4.17. The minimum absolute atomic E-state index is 0.268. The molecule has 0 saturated carbocycles. The summed E-state index contributed by atoms with van der Waals surface area (Å²) in [4.78, 5) is 33.1. The molecule has 0 radical (unpaired) electrons. The van der Waals surface area contributed by atoms with Crippen LogP contribution >= 0.6 is 0 Å². The van der Waals surface area contributed by atoms with Crippen molar-refractivity contribution in [1.29, 1.82) is 0 Å². The first-order chi connectivity index (χ1) is 9.77. The van der Waals surface area contributed by atoms with Gasteiger partial charge in [0.25, 0.3) is 11.6 Å². The molecule has 0 aliphatic rings. The number of methoxy groups -OCH3 is 1. The number of nitrogens with one attached hydrogen (secondary N) is 1. The number of carbonyl (C=O) groups is 2. The summed E-state index contributed by atoms with van der Waals surface area (Å²) in [6, 6.07) is 1.56. The molecule has 9 nitrogen and oxygen atoms in total. The number of nitro groups is 1. The highest BCUT2D eigenvalue weighted by Crippen LogP contribution is 2.23. The van der Waals surface area contributed by atoms with E-state index in [0.29, 0.717) is 0 Å². The molecule has 0 fully saturated rings. The number of carbonyl (C=O) groups excluding carboxylic acids is 2. The van der Waals surface area contributed by atoms with Crippen molar-refractivity contribution in [2.45, 2.75) is 19.1 Å². The normalized spacial score (nSPS) is 13.1. The highest BCUT2D eigenvalue weighted by atomic mass is 16.6. The van der Waals surface area contributed by atoms with Crippen molar-refractivity contribution in [1.82, 2.24) is 5.32 Å². The number of non-ortho nitro benzene ring substituents is 1. The molecule has 0 aliphatic heterocycles. The monoisotopic (exact) mass is 298 g/mol. The third-order valence-corrected chi connectivity index (χ3v) is 2.66. The quantitative estimate of drug-likeness (QED) is 0.393. The number of aromatic hydroxyl groups is 1. The summed E-state index contributed by atoms with van der Waals surface area (Å²) in [6.45, 7) is 1.28. The van der Waals surface area contributed by atoms with E-state index in [1.165, 1.54) is 6.92 Å². The van der Waals surface area contributed by atoms with E-state index in [2.05, 4.69) is 10.1 Å². The first-order valence-corrected chi connectivity index (χ1v) is 5.82. The van der Waals surface area contributed by atoms with Crippen LogP contribution in [0.4, 0.5) is 5.69 Å². The third kappa shape index (κ3) is 3.89. The second-order valence-corrected chi connectivity index (χ2v) is 4.17. The molecule has 1 amide bonds. The molecule has 1 rings (SSSR count). The molecule has 0 saturated heterocycles. The standard InChI is InChI=1S/C12H14N2O7/c1-6(15)10(12(18)21-2)13-11(17)8-4-3-7(14(19)20)5-9(8)16/h3-6,10,15-16H,1-2H3,(H,13,17)/t6-,10+/m1/s1. The molecule has 0 bridgehead atoms. The summed E-state index contributed by atoms with van der Waals surface area (Å²) in [6.07, 6.45) is -1.22. The molecule has 114 valence electrons. The molecule has 0 unspecified atom stereocenters. The summed E-state index contributed by atoms with van der Waals surface area (Å²) in [7, 11) is 1.09. The molecule has 1 aromatic rings. The Bertz CT molecular complexity index is 571. The van der Waals surface area contributed by atoms with Crippen LogP contribution in [0, 0.1) is 10.1 Å². The first kappa shape index (κ1) is 16.4. The Labute approximate surface area is 119 Å². The topological polar surface area (TPSA) is 139 Å². The molecular formula is C12H14N2O7. The Morgan fingerprint density at radius 2 is 2.05 bits per heavy atom. The fourth-order valence-electron chi connectivity index (χ4n) is 1.55. The Hall–Kier alpha value is -2.68. The second kappa shape index (κ2) is 6.66. The number of hydrogen-bond acceptors (Lipinski definition) is 7. The first-order valence-electron chi connectivity index (χ1n) is 5.82. The van der Waals surface area contributed by atoms with Crippen molar-refractivity contribution >= 4 is 17.6 Å². The van der Waals surface area contributed by atoms with Gasteiger partial charge >= 0.3 is 5.97 Å². The van der Waals surface area contributed by atoms with Crippen LogP contribution in [-0.4, -0.2) is 46.3 Å². The van der Waals surface area contributed by atoms with E-state index >= 15 is 0 Å². The van der Waals surface area contributed by atoms with E-state index in [4.69, 9.17) is 0 Å². The van der Waals surface area contributed by atoms with Gasteiger partial charge in [0.05, 0.1) is 29.8 Å². The van der Waals surface area contributed by atoms with Crippen molar-refractivity contribution < 1.29 is 29.5 Å². The van der Waals surface area contributed by atoms with Gasteiger partial charge in [-0.25, -0.2) is 4.79 Å². The van der Waals surface area contributed by atoms with Gasteiger partial charge in [-0.05, 0) is 13.0 Å². The predicted molar refractivity (Wildman–Crippen MR) is 69.7 cm³/mol. The molecule has 1 aromatic carbocycles. The van der Waals surface area contributed by atoms with Gasteiger partial charge in [0.1, 0.15) is 5.75 Å². The van der Waals surface area contributed by atoms with Gasteiger partial charge in [-0.2, -0.15) is 0 Å². The lowest BCUT2D eigenvalue weighted by molar-refractivity contribution is -0.384. The van der Waals surface area contributed by atoms with Crippen molar-refractivity contribution in [3.8, 4) is 5.75 Å². The largest absolute Gasteiger partial charge is 0.507 e. The van der Waals surface area contributed by atoms with E-state index in [1.54, 1.807) is 0 Å². The predicted octanol–water partition coefficient (Wildman–Crippen LogP) is -0.0474. The van der Waals surface area contributed by atoms with Crippen LogP contribution in [0.15, 0.2) is 18.2 Å². The maximum Gasteiger partial charge on any atom is 0.331 e. The molecule has 0 heterocycles. The molecule has 2 atom stereocenters. The number of esters is 1. The average Bonchev–Trinajstić information content (AvgIpc) is 2.42. The van der Waals surface area contributed by atoms with Crippen LogP contribution in [0.25, 0.3) is 0 Å². The van der Waals surface area contributed by atoms with Crippen LogP contribution in [0.2, 0.25) is 0 Å². The fourth-order valence-corrected chi connectivity index (χ4v) is 1.55. The van der Waals surface area contributed by atoms with E-state index in [-0.39, 0.29) is 11.3 Å². The van der Waals surface area contributed by atoms with Gasteiger partial charge in [-0.15, -0.1) is 0 Å². The zero-order valence-electron chi connectivity index (χ0n) is 11.3. The minimum atomic E-state index is -1.32. The van der Waals surface area contributed by atoms with Gasteiger partial charge in [-0.1, -0.05) is 0 Å². The molecule has 0 aliphatic carbocycles. The van der Waals surface area contributed by atoms with Crippen LogP contribution in [-0.2, 0) is 9.53 Å². The highest BCUT2D eigenvalue weighted by molar-refractivity contribution is 5.99. The summed E-state index contributed by atoms with van der Waals surface area (Å²) in [5, 5.41) is 31.8. The third-order valence-electron chi connectivity index (χ3n) is 2.66. The van der Waals surface area contributed by atoms with Crippen LogP contribution in [0.5, 0.6) is 5.75 Å². The van der Waals surface area contributed by atoms with Crippen molar-refractivity contribution in [2.75, 3.05) is 7.11 Å². The van der Waals surface area contributed by atoms with E-state index in [9.17, 15) is 29.9 Å². The van der Waals surface area contributed by atoms with E-state index < -0.39 is 34.7 Å². The average molecular weight is 298 g/mol. The van der Waals surface area contributed by atoms with Crippen LogP contribution in [0.3, 0.4) is 0 Å². The Morgan fingerprint density at radius 1 is 1.43 bits per heavy atom. The number of hydrogen-bond donors (Lipinski definition) is 3. The lowest BCUT2D eigenvalue weighted by atomic mass is 10.1. The molecule has 0 aromatic heterocycles. The highest BCUT2D eigenvalue weighted by Gasteiger charge is 2.28. The zero-order chi connectivity index (χ0) is 16.2. The Morgan fingerprint density at radius 3 is 2.48 bits per heavy atom. The number of ether oxygens (including phenoxy) is 1. The molecule has 0 spiro atoms. The number of nitro benzene ring substituents is 1. The summed E-state index contributed by atoms with van der Waals surface area (Å²) < 4.78 is 4.43. The number of aliphatic hydroxyl groups excluding tert-OH is 1. The van der Waals surface area contributed by atoms with Crippen molar-refractivity contribution in [2.24, 2.45) is 0 Å². The Kier molecular flexibility index (Phi) is 5.19. The number of aliphatic hydroxyl groups is 1. The summed E-state index contributed by atoms with van der Waals surface area (Å²) in [5.41, 5.74) is -0.653. The SMILES string of the molecule is COC(=O)[C@@H](NC(=O)c1ccc([N+](=O)[O-])cc1O)[C@@H](C)O. The summed E-state index contributed by atoms with van der Waals surface area (Å²) >= 11 is 0. The lowest BCUT2D eigenvalue weighted by Gasteiger charge is -2.19. The van der Waals surface area contributed by atoms with E-state index in [0.717, 1.165) is 25.3 Å². The molecule has 21 heavy (non-hydrogen) atoms. The van der Waals surface area contributed by atoms with Gasteiger partial charge in [0, 0.05) is 6.07 Å². The van der Waals surface area contributed by atoms with Crippen LogP contribution < -0.4 is 5.32 Å². The summed E-state index contributed by atoms with van der Waals surface area (Å²) in [5.74, 6) is -2.35. The van der Waals surface area contributed by atoms with Gasteiger partial charge in [-0.3, -0.25) is 14.9 Å². The lowest BCUT2D eigenvalue weighted by Crippen LogP contribution is -2.48. The number of phenols is 1. The number of amides is 1. The van der Waals surface area contributed by atoms with Gasteiger partial charge in [0.15, 0.2) is 6.04 Å². The fraction of sp³-hybridized carbons (Fsp3) is 0.333. The van der Waals surface area contributed by atoms with Crippen molar-refractivity contribution in [3.05, 3.63) is 33.9 Å².